The minimum absolute atomic E-state index is 0.0532. The number of rotatable bonds is 5. The molecule has 6 nitrogen and oxygen atoms in total. The van der Waals surface area contributed by atoms with Gasteiger partial charge in [0.25, 0.3) is 0 Å². The van der Waals surface area contributed by atoms with Gasteiger partial charge in [0.05, 0.1) is 12.4 Å². The Bertz CT molecular complexity index is 368. The summed E-state index contributed by atoms with van der Waals surface area (Å²) < 4.78 is 0. The van der Waals surface area contributed by atoms with Crippen LogP contribution >= 0.6 is 0 Å². The minimum atomic E-state index is -1.07. The van der Waals surface area contributed by atoms with E-state index in [9.17, 15) is 4.79 Å². The van der Waals surface area contributed by atoms with E-state index >= 15 is 0 Å². The molecule has 0 aliphatic rings. The highest BCUT2D eigenvalue weighted by Gasteiger charge is 2.07. The number of hydrogen-bond acceptors (Lipinski definition) is 5. The average molecular weight is 224 g/mol. The maximum Gasteiger partial charge on any atom is 0.356 e. The summed E-state index contributed by atoms with van der Waals surface area (Å²) in [6, 6.07) is 0.329. The Morgan fingerprint density at radius 1 is 1.56 bits per heavy atom. The first-order valence-electron chi connectivity index (χ1n) is 4.96. The summed E-state index contributed by atoms with van der Waals surface area (Å²) in [4.78, 5) is 20.4. The van der Waals surface area contributed by atoms with Crippen molar-refractivity contribution in [3.8, 4) is 0 Å². The number of hydrogen-bond donors (Lipinski definition) is 2. The van der Waals surface area contributed by atoms with Gasteiger partial charge in [0.15, 0.2) is 5.69 Å². The van der Waals surface area contributed by atoms with E-state index < -0.39 is 5.97 Å². The average Bonchev–Trinajstić information content (AvgIpc) is 2.26. The molecular weight excluding hydrogens is 208 g/mol. The molecule has 1 heterocycles. The van der Waals surface area contributed by atoms with Crippen LogP contribution in [0.1, 0.15) is 17.4 Å². The molecule has 0 aliphatic heterocycles. The van der Waals surface area contributed by atoms with Gasteiger partial charge in [-0.05, 0) is 21.0 Å². The first kappa shape index (κ1) is 12.4. The molecule has 1 aromatic heterocycles. The highest BCUT2D eigenvalue weighted by Crippen LogP contribution is 2.03. The summed E-state index contributed by atoms with van der Waals surface area (Å²) >= 11 is 0. The Labute approximate surface area is 94.3 Å². The van der Waals surface area contributed by atoms with E-state index in [1.807, 2.05) is 14.1 Å². The van der Waals surface area contributed by atoms with Crippen molar-refractivity contribution in [3.63, 3.8) is 0 Å². The van der Waals surface area contributed by atoms with Crippen LogP contribution in [0.2, 0.25) is 0 Å². The molecule has 0 saturated heterocycles. The molecule has 0 bridgehead atoms. The van der Waals surface area contributed by atoms with E-state index in [4.69, 9.17) is 5.11 Å². The monoisotopic (exact) mass is 224 g/mol. The quantitative estimate of drug-likeness (QED) is 0.760. The van der Waals surface area contributed by atoms with Crippen molar-refractivity contribution in [1.29, 1.82) is 0 Å². The zero-order valence-electron chi connectivity index (χ0n) is 9.64. The van der Waals surface area contributed by atoms with E-state index in [-0.39, 0.29) is 5.69 Å². The summed E-state index contributed by atoms with van der Waals surface area (Å²) in [6.45, 7) is 2.74. The van der Waals surface area contributed by atoms with E-state index in [0.29, 0.717) is 18.4 Å². The Morgan fingerprint density at radius 2 is 2.25 bits per heavy atom. The topological polar surface area (TPSA) is 78.3 Å². The van der Waals surface area contributed by atoms with Crippen molar-refractivity contribution >= 4 is 11.8 Å². The molecule has 6 heteroatoms. The second kappa shape index (κ2) is 5.41. The lowest BCUT2D eigenvalue weighted by Gasteiger charge is -2.20. The SMILES string of the molecule is CC(CNc1cncc(C(=O)O)n1)N(C)C. The van der Waals surface area contributed by atoms with Gasteiger partial charge in [-0.3, -0.25) is 4.98 Å². The third-order valence-electron chi connectivity index (χ3n) is 2.31. The molecule has 0 spiro atoms. The number of aromatic nitrogens is 2. The van der Waals surface area contributed by atoms with E-state index in [2.05, 4.69) is 27.1 Å². The number of nitrogens with zero attached hydrogens (tertiary/aromatic N) is 3. The lowest BCUT2D eigenvalue weighted by Crippen LogP contribution is -2.31. The molecule has 0 radical (unpaired) electrons. The summed E-state index contributed by atoms with van der Waals surface area (Å²) in [7, 11) is 3.96. The maximum absolute atomic E-state index is 10.7. The first-order chi connectivity index (χ1) is 7.50. The molecule has 1 aromatic rings. The summed E-state index contributed by atoms with van der Waals surface area (Å²) in [6.07, 6.45) is 2.73. The van der Waals surface area contributed by atoms with Crippen LogP contribution in [0.4, 0.5) is 5.82 Å². The van der Waals surface area contributed by atoms with Gasteiger partial charge in [-0.2, -0.15) is 0 Å². The van der Waals surface area contributed by atoms with Crippen LogP contribution in [0.15, 0.2) is 12.4 Å². The van der Waals surface area contributed by atoms with Crippen molar-refractivity contribution in [2.75, 3.05) is 26.0 Å². The third kappa shape index (κ3) is 3.47. The zero-order chi connectivity index (χ0) is 12.1. The van der Waals surface area contributed by atoms with Gasteiger partial charge >= 0.3 is 5.97 Å². The van der Waals surface area contributed by atoms with Crippen LogP contribution in [0.25, 0.3) is 0 Å². The predicted molar refractivity (Wildman–Crippen MR) is 60.6 cm³/mol. The van der Waals surface area contributed by atoms with Crippen LogP contribution in [0.5, 0.6) is 0 Å². The van der Waals surface area contributed by atoms with Crippen molar-refractivity contribution in [2.24, 2.45) is 0 Å². The summed E-state index contributed by atoms with van der Waals surface area (Å²) in [5.41, 5.74) is -0.0532. The summed E-state index contributed by atoms with van der Waals surface area (Å²) in [5.74, 6) is -0.592. The fourth-order valence-corrected chi connectivity index (χ4v) is 0.989. The Kier molecular flexibility index (Phi) is 4.19. The Balaban J connectivity index is 2.61. The van der Waals surface area contributed by atoms with Crippen LogP contribution in [-0.2, 0) is 0 Å². The Hall–Kier alpha value is -1.69. The highest BCUT2D eigenvalue weighted by atomic mass is 16.4. The molecule has 0 fully saturated rings. The molecule has 0 aromatic carbocycles. The number of likely N-dealkylation sites (N-methyl/N-ethyl adjacent to an activating group) is 1. The molecule has 0 amide bonds. The molecular formula is C10H16N4O2. The second-order valence-electron chi connectivity index (χ2n) is 3.79. The van der Waals surface area contributed by atoms with Crippen LogP contribution in [0, 0.1) is 0 Å². The fraction of sp³-hybridized carbons (Fsp3) is 0.500. The largest absolute Gasteiger partial charge is 0.476 e. The normalized spacial score (nSPS) is 12.5. The highest BCUT2D eigenvalue weighted by molar-refractivity contribution is 5.85. The minimum Gasteiger partial charge on any atom is -0.476 e. The number of carbonyl (C=O) groups is 1. The molecule has 16 heavy (non-hydrogen) atoms. The number of anilines is 1. The maximum atomic E-state index is 10.7. The number of carboxylic acids is 1. The molecule has 1 atom stereocenters. The van der Waals surface area contributed by atoms with Crippen molar-refractivity contribution in [3.05, 3.63) is 18.1 Å². The van der Waals surface area contributed by atoms with Crippen LogP contribution in [-0.4, -0.2) is 52.6 Å². The molecule has 1 rings (SSSR count). The number of carboxylic acid groups (broad SMARTS) is 1. The van der Waals surface area contributed by atoms with Gasteiger partial charge in [-0.25, -0.2) is 9.78 Å². The molecule has 0 aliphatic carbocycles. The zero-order valence-corrected chi connectivity index (χ0v) is 9.64. The van der Waals surface area contributed by atoms with Gasteiger partial charge in [0.2, 0.25) is 0 Å². The first-order valence-corrected chi connectivity index (χ1v) is 4.96. The van der Waals surface area contributed by atoms with Crippen LogP contribution < -0.4 is 5.32 Å². The molecule has 2 N–H and O–H groups in total. The van der Waals surface area contributed by atoms with Gasteiger partial charge in [-0.15, -0.1) is 0 Å². The van der Waals surface area contributed by atoms with Gasteiger partial charge < -0.3 is 15.3 Å². The molecule has 1 unspecified atom stereocenters. The fourth-order valence-electron chi connectivity index (χ4n) is 0.989. The molecule has 88 valence electrons. The molecule has 0 saturated carbocycles. The second-order valence-corrected chi connectivity index (χ2v) is 3.79. The lowest BCUT2D eigenvalue weighted by atomic mass is 10.3. The Morgan fingerprint density at radius 3 is 2.81 bits per heavy atom. The standard InChI is InChI=1S/C10H16N4O2/c1-7(14(2)3)4-12-9-6-11-5-8(13-9)10(15)16/h5-7H,4H2,1-3H3,(H,12,13)(H,15,16). The van der Waals surface area contributed by atoms with E-state index in [1.54, 1.807) is 0 Å². The van der Waals surface area contributed by atoms with Gasteiger partial charge in [0, 0.05) is 12.6 Å². The van der Waals surface area contributed by atoms with E-state index in [1.165, 1.54) is 12.4 Å². The van der Waals surface area contributed by atoms with Gasteiger partial charge in [-0.1, -0.05) is 0 Å². The summed E-state index contributed by atoms with van der Waals surface area (Å²) in [5, 5.41) is 11.8. The van der Waals surface area contributed by atoms with Crippen LogP contribution in [0.3, 0.4) is 0 Å². The third-order valence-corrected chi connectivity index (χ3v) is 2.31. The number of aromatic carboxylic acids is 1. The lowest BCUT2D eigenvalue weighted by molar-refractivity contribution is 0.0690. The smallest absolute Gasteiger partial charge is 0.356 e. The number of nitrogens with one attached hydrogen (secondary N) is 1. The predicted octanol–water partition coefficient (Wildman–Crippen LogP) is 0.537. The van der Waals surface area contributed by atoms with E-state index in [0.717, 1.165) is 0 Å². The van der Waals surface area contributed by atoms with Crippen molar-refractivity contribution in [1.82, 2.24) is 14.9 Å². The van der Waals surface area contributed by atoms with Crippen molar-refractivity contribution in [2.45, 2.75) is 13.0 Å². The van der Waals surface area contributed by atoms with Gasteiger partial charge in [0.1, 0.15) is 5.82 Å². The van der Waals surface area contributed by atoms with Crippen molar-refractivity contribution < 1.29 is 9.90 Å².